The fraction of sp³-hybridized carbons (Fsp3) is 0.778. The molecule has 4 nitrogen and oxygen atoms in total. The number of hydrogen-bond donors (Lipinski definition) is 1. The van der Waals surface area contributed by atoms with Crippen molar-refractivity contribution < 1.29 is 9.53 Å². The van der Waals surface area contributed by atoms with Crippen LogP contribution in [0.15, 0.2) is 0 Å². The third kappa shape index (κ3) is 2.43. The van der Waals surface area contributed by atoms with Crippen LogP contribution in [0, 0.1) is 17.2 Å². The molecule has 0 heterocycles. The Kier molecular flexibility index (Phi) is 3.26. The van der Waals surface area contributed by atoms with Crippen molar-refractivity contribution in [3.8, 4) is 6.07 Å². The summed E-state index contributed by atoms with van der Waals surface area (Å²) in [5.41, 5.74) is 0. The van der Waals surface area contributed by atoms with E-state index in [-0.39, 0.29) is 18.1 Å². The van der Waals surface area contributed by atoms with Crippen LogP contribution in [-0.2, 0) is 9.53 Å². The monoisotopic (exact) mass is 182 g/mol. The minimum Gasteiger partial charge on any atom is -0.381 e. The molecule has 72 valence electrons. The van der Waals surface area contributed by atoms with Gasteiger partial charge >= 0.3 is 0 Å². The summed E-state index contributed by atoms with van der Waals surface area (Å²) in [6.07, 6.45) is 2.00. The second kappa shape index (κ2) is 4.24. The summed E-state index contributed by atoms with van der Waals surface area (Å²) in [5, 5.41) is 11.3. The third-order valence-electron chi connectivity index (χ3n) is 2.36. The van der Waals surface area contributed by atoms with Crippen LogP contribution in [-0.4, -0.2) is 25.2 Å². The molecule has 1 aliphatic rings. The summed E-state index contributed by atoms with van der Waals surface area (Å²) in [7, 11) is 1.67. The lowest BCUT2D eigenvalue weighted by atomic mass is 9.89. The van der Waals surface area contributed by atoms with Crippen LogP contribution < -0.4 is 5.32 Å². The van der Waals surface area contributed by atoms with Crippen molar-refractivity contribution in [1.29, 1.82) is 5.26 Å². The van der Waals surface area contributed by atoms with Crippen LogP contribution in [0.4, 0.5) is 0 Å². The van der Waals surface area contributed by atoms with Gasteiger partial charge in [0, 0.05) is 13.2 Å². The van der Waals surface area contributed by atoms with Gasteiger partial charge in [-0.1, -0.05) is 0 Å². The van der Waals surface area contributed by atoms with Gasteiger partial charge in [-0.15, -0.1) is 0 Å². The summed E-state index contributed by atoms with van der Waals surface area (Å²) in [5.74, 6) is -0.733. The van der Waals surface area contributed by atoms with Gasteiger partial charge in [0.2, 0.25) is 5.91 Å². The Bertz CT molecular complexity index is 228. The molecule has 4 heteroatoms. The molecule has 1 rings (SSSR count). The zero-order chi connectivity index (χ0) is 9.84. The van der Waals surface area contributed by atoms with Gasteiger partial charge in [0.15, 0.2) is 0 Å². The van der Waals surface area contributed by atoms with Crippen molar-refractivity contribution in [3.63, 3.8) is 0 Å². The van der Waals surface area contributed by atoms with E-state index in [1.54, 1.807) is 14.0 Å². The highest BCUT2D eigenvalue weighted by Gasteiger charge is 2.30. The Balaban J connectivity index is 2.21. The molecule has 0 spiro atoms. The van der Waals surface area contributed by atoms with Crippen LogP contribution >= 0.6 is 0 Å². The molecule has 0 bridgehead atoms. The normalized spacial score (nSPS) is 28.4. The predicted octanol–water partition coefficient (Wildman–Crippen LogP) is 0.440. The first kappa shape index (κ1) is 10.0. The molecule has 0 aromatic heterocycles. The topological polar surface area (TPSA) is 62.1 Å². The lowest BCUT2D eigenvalue weighted by Gasteiger charge is -2.34. The molecule has 0 aromatic carbocycles. The number of carbonyl (C=O) groups excluding carboxylic acids is 1. The van der Waals surface area contributed by atoms with E-state index in [0.717, 1.165) is 12.8 Å². The predicted molar refractivity (Wildman–Crippen MR) is 46.7 cm³/mol. The average Bonchev–Trinajstić information content (AvgIpc) is 2.08. The van der Waals surface area contributed by atoms with Crippen LogP contribution in [0.3, 0.4) is 0 Å². The number of rotatable bonds is 3. The molecule has 1 atom stereocenters. The van der Waals surface area contributed by atoms with E-state index in [1.165, 1.54) is 0 Å². The molecule has 0 aliphatic heterocycles. The second-order valence-corrected chi connectivity index (χ2v) is 3.39. The maximum absolute atomic E-state index is 11.2. The quantitative estimate of drug-likeness (QED) is 0.688. The summed E-state index contributed by atoms with van der Waals surface area (Å²) < 4.78 is 5.07. The fourth-order valence-corrected chi connectivity index (χ4v) is 1.26. The van der Waals surface area contributed by atoms with Gasteiger partial charge in [-0.05, 0) is 19.8 Å². The molecule has 1 aliphatic carbocycles. The summed E-state index contributed by atoms with van der Waals surface area (Å²) in [6, 6.07) is 2.10. The zero-order valence-corrected chi connectivity index (χ0v) is 7.91. The van der Waals surface area contributed by atoms with Crippen molar-refractivity contribution in [1.82, 2.24) is 5.32 Å². The van der Waals surface area contributed by atoms with Crippen LogP contribution in [0.5, 0.6) is 0 Å². The van der Waals surface area contributed by atoms with E-state index < -0.39 is 5.92 Å². The number of nitrogens with zero attached hydrogens (tertiary/aromatic N) is 1. The lowest BCUT2D eigenvalue weighted by Crippen LogP contribution is -2.48. The molecular weight excluding hydrogens is 168 g/mol. The van der Waals surface area contributed by atoms with E-state index in [9.17, 15) is 4.79 Å². The fourth-order valence-electron chi connectivity index (χ4n) is 1.26. The molecule has 1 N–H and O–H groups in total. The first-order valence-corrected chi connectivity index (χ1v) is 4.40. The third-order valence-corrected chi connectivity index (χ3v) is 2.36. The van der Waals surface area contributed by atoms with Gasteiger partial charge in [-0.2, -0.15) is 5.26 Å². The number of amides is 1. The molecule has 0 aromatic rings. The number of methoxy groups -OCH3 is 1. The zero-order valence-electron chi connectivity index (χ0n) is 7.91. The van der Waals surface area contributed by atoms with E-state index in [4.69, 9.17) is 10.00 Å². The van der Waals surface area contributed by atoms with Gasteiger partial charge in [0.1, 0.15) is 5.92 Å². The second-order valence-electron chi connectivity index (χ2n) is 3.39. The first-order valence-electron chi connectivity index (χ1n) is 4.40. The Labute approximate surface area is 77.9 Å². The van der Waals surface area contributed by atoms with Crippen LogP contribution in [0.1, 0.15) is 19.8 Å². The van der Waals surface area contributed by atoms with E-state index in [2.05, 4.69) is 5.32 Å². The number of nitriles is 1. The van der Waals surface area contributed by atoms with Crippen molar-refractivity contribution in [2.75, 3.05) is 7.11 Å². The maximum Gasteiger partial charge on any atom is 0.237 e. The number of carbonyl (C=O) groups is 1. The Hall–Kier alpha value is -1.08. The SMILES string of the molecule is COC1CC(NC(=O)C(C)C#N)C1. The molecule has 1 amide bonds. The van der Waals surface area contributed by atoms with Gasteiger partial charge in [0.25, 0.3) is 0 Å². The van der Waals surface area contributed by atoms with Crippen molar-refractivity contribution in [2.45, 2.75) is 31.9 Å². The van der Waals surface area contributed by atoms with Crippen LogP contribution in [0.25, 0.3) is 0 Å². The summed E-state index contributed by atoms with van der Waals surface area (Å²) >= 11 is 0. The van der Waals surface area contributed by atoms with E-state index in [0.29, 0.717) is 0 Å². The molecule has 1 fully saturated rings. The first-order chi connectivity index (χ1) is 6.17. The van der Waals surface area contributed by atoms with Gasteiger partial charge in [0.05, 0.1) is 12.2 Å². The van der Waals surface area contributed by atoms with Gasteiger partial charge in [-0.3, -0.25) is 4.79 Å². The molecular formula is C9H14N2O2. The van der Waals surface area contributed by atoms with Crippen molar-refractivity contribution >= 4 is 5.91 Å². The lowest BCUT2D eigenvalue weighted by molar-refractivity contribution is -0.125. The highest BCUT2D eigenvalue weighted by molar-refractivity contribution is 5.80. The Morgan fingerprint density at radius 2 is 2.31 bits per heavy atom. The standard InChI is InChI=1S/C9H14N2O2/c1-6(5-10)9(12)11-7-3-8(4-7)13-2/h6-8H,3-4H2,1-2H3,(H,11,12). The molecule has 1 saturated carbocycles. The molecule has 13 heavy (non-hydrogen) atoms. The Morgan fingerprint density at radius 1 is 1.69 bits per heavy atom. The number of nitrogens with one attached hydrogen (secondary N) is 1. The highest BCUT2D eigenvalue weighted by atomic mass is 16.5. The largest absolute Gasteiger partial charge is 0.381 e. The average molecular weight is 182 g/mol. The molecule has 1 unspecified atom stereocenters. The van der Waals surface area contributed by atoms with E-state index in [1.807, 2.05) is 6.07 Å². The smallest absolute Gasteiger partial charge is 0.237 e. The highest BCUT2D eigenvalue weighted by Crippen LogP contribution is 2.22. The number of ether oxygens (including phenoxy) is 1. The van der Waals surface area contributed by atoms with E-state index >= 15 is 0 Å². The van der Waals surface area contributed by atoms with Crippen molar-refractivity contribution in [2.24, 2.45) is 5.92 Å². The minimum absolute atomic E-state index is 0.179. The minimum atomic E-state index is -0.554. The molecule has 0 saturated heterocycles. The Morgan fingerprint density at radius 3 is 2.77 bits per heavy atom. The summed E-state index contributed by atoms with van der Waals surface area (Å²) in [6.45, 7) is 1.60. The maximum atomic E-state index is 11.2. The molecule has 0 radical (unpaired) electrons. The summed E-state index contributed by atoms with van der Waals surface area (Å²) in [4.78, 5) is 11.2. The van der Waals surface area contributed by atoms with Gasteiger partial charge in [-0.25, -0.2) is 0 Å². The van der Waals surface area contributed by atoms with Crippen LogP contribution in [0.2, 0.25) is 0 Å². The van der Waals surface area contributed by atoms with Gasteiger partial charge < -0.3 is 10.1 Å². The number of hydrogen-bond acceptors (Lipinski definition) is 3. The van der Waals surface area contributed by atoms with Crippen molar-refractivity contribution in [3.05, 3.63) is 0 Å².